The number of esters is 1. The summed E-state index contributed by atoms with van der Waals surface area (Å²) in [4.78, 5) is 22.3. The third-order valence-corrected chi connectivity index (χ3v) is 2.94. The molecule has 0 heterocycles. The van der Waals surface area contributed by atoms with E-state index in [0.29, 0.717) is 28.4 Å². The Hall–Kier alpha value is -2.33. The fourth-order valence-electron chi connectivity index (χ4n) is 1.72. The maximum atomic E-state index is 11.7. The van der Waals surface area contributed by atoms with Gasteiger partial charge in [0, 0.05) is 10.6 Å². The third kappa shape index (κ3) is 4.33. The second kappa shape index (κ2) is 6.90. The average Bonchev–Trinajstić information content (AvgIpc) is 2.46. The van der Waals surface area contributed by atoms with Crippen LogP contribution in [0.25, 0.3) is 0 Å². The third-order valence-electron chi connectivity index (χ3n) is 2.71. The van der Waals surface area contributed by atoms with Crippen LogP contribution in [0.3, 0.4) is 0 Å². The number of aryl methyl sites for hydroxylation is 1. The Bertz CT molecular complexity index is 667. The Labute approximate surface area is 127 Å². The molecule has 2 aromatic rings. The molecule has 0 aromatic heterocycles. The van der Waals surface area contributed by atoms with E-state index in [4.69, 9.17) is 21.1 Å². The van der Waals surface area contributed by atoms with E-state index >= 15 is 0 Å². The minimum Gasteiger partial charge on any atom is -0.482 e. The first-order chi connectivity index (χ1) is 10.1. The molecule has 0 fully saturated rings. The van der Waals surface area contributed by atoms with Gasteiger partial charge in [-0.1, -0.05) is 23.7 Å². The van der Waals surface area contributed by atoms with E-state index in [-0.39, 0.29) is 6.61 Å². The molecule has 0 bridgehead atoms. The lowest BCUT2D eigenvalue weighted by molar-refractivity contribution is -0.136. The molecule has 0 atom stereocenters. The van der Waals surface area contributed by atoms with Gasteiger partial charge in [0.25, 0.3) is 0 Å². The fourth-order valence-corrected chi connectivity index (χ4v) is 1.95. The summed E-state index contributed by atoms with van der Waals surface area (Å²) in [5, 5.41) is 0.605. The van der Waals surface area contributed by atoms with Crippen LogP contribution < -0.4 is 9.47 Å². The Morgan fingerprint density at radius 1 is 1.24 bits per heavy atom. The number of rotatable bonds is 5. The highest BCUT2D eigenvalue weighted by Crippen LogP contribution is 2.21. The zero-order valence-corrected chi connectivity index (χ0v) is 12.1. The summed E-state index contributed by atoms with van der Waals surface area (Å²) in [6.45, 7) is 1.61. The number of hydrogen-bond donors (Lipinski definition) is 0. The molecule has 0 unspecified atom stereocenters. The molecule has 0 aliphatic rings. The average molecular weight is 305 g/mol. The van der Waals surface area contributed by atoms with Crippen LogP contribution in [0.4, 0.5) is 0 Å². The minimum atomic E-state index is -0.549. The van der Waals surface area contributed by atoms with Gasteiger partial charge in [-0.05, 0) is 42.8 Å². The lowest BCUT2D eigenvalue weighted by Crippen LogP contribution is -2.18. The van der Waals surface area contributed by atoms with E-state index in [1.165, 1.54) is 6.07 Å². The molecule has 2 rings (SSSR count). The summed E-state index contributed by atoms with van der Waals surface area (Å²) in [5.74, 6) is 0.325. The van der Waals surface area contributed by atoms with Crippen molar-refractivity contribution in [2.75, 3.05) is 6.61 Å². The second-order valence-electron chi connectivity index (χ2n) is 4.36. The molecule has 0 radical (unpaired) electrons. The van der Waals surface area contributed by atoms with Gasteiger partial charge in [-0.15, -0.1) is 0 Å². The van der Waals surface area contributed by atoms with E-state index in [1.54, 1.807) is 36.4 Å². The number of ether oxygens (including phenoxy) is 2. The largest absolute Gasteiger partial charge is 0.482 e. The van der Waals surface area contributed by atoms with E-state index in [1.807, 2.05) is 6.92 Å². The molecule has 0 aliphatic carbocycles. The second-order valence-corrected chi connectivity index (χ2v) is 4.80. The predicted molar refractivity (Wildman–Crippen MR) is 79.1 cm³/mol. The normalized spacial score (nSPS) is 10.0. The molecule has 0 spiro atoms. The van der Waals surface area contributed by atoms with Crippen LogP contribution >= 0.6 is 11.6 Å². The van der Waals surface area contributed by atoms with Gasteiger partial charge in [0.2, 0.25) is 0 Å². The van der Waals surface area contributed by atoms with Crippen LogP contribution in [0, 0.1) is 6.92 Å². The van der Waals surface area contributed by atoms with Crippen molar-refractivity contribution in [2.45, 2.75) is 6.92 Å². The van der Waals surface area contributed by atoms with Crippen molar-refractivity contribution in [1.29, 1.82) is 0 Å². The number of carbonyl (C=O) groups excluding carboxylic acids is 2. The van der Waals surface area contributed by atoms with Gasteiger partial charge in [0.05, 0.1) is 0 Å². The molecule has 108 valence electrons. The van der Waals surface area contributed by atoms with E-state index in [2.05, 4.69) is 0 Å². The van der Waals surface area contributed by atoms with Gasteiger partial charge in [0.1, 0.15) is 17.8 Å². The molecule has 2 aromatic carbocycles. The van der Waals surface area contributed by atoms with Crippen LogP contribution in [0.5, 0.6) is 11.5 Å². The summed E-state index contributed by atoms with van der Waals surface area (Å²) in [5.41, 5.74) is 1.27. The summed E-state index contributed by atoms with van der Waals surface area (Å²) >= 11 is 5.84. The van der Waals surface area contributed by atoms with Crippen molar-refractivity contribution in [2.24, 2.45) is 0 Å². The van der Waals surface area contributed by atoms with Crippen LogP contribution in [-0.2, 0) is 4.79 Å². The Morgan fingerprint density at radius 2 is 2.05 bits per heavy atom. The van der Waals surface area contributed by atoms with Crippen LogP contribution in [-0.4, -0.2) is 18.9 Å². The van der Waals surface area contributed by atoms with E-state index < -0.39 is 5.97 Å². The quantitative estimate of drug-likeness (QED) is 0.482. The zero-order chi connectivity index (χ0) is 15.2. The predicted octanol–water partition coefficient (Wildman–Crippen LogP) is 3.45. The number of carbonyl (C=O) groups is 2. The van der Waals surface area contributed by atoms with Crippen LogP contribution in [0.2, 0.25) is 5.02 Å². The van der Waals surface area contributed by atoms with Gasteiger partial charge in [0.15, 0.2) is 6.61 Å². The number of hydrogen-bond acceptors (Lipinski definition) is 4. The molecule has 0 amide bonds. The van der Waals surface area contributed by atoms with Crippen molar-refractivity contribution in [3.8, 4) is 11.5 Å². The lowest BCUT2D eigenvalue weighted by Gasteiger charge is -2.09. The first-order valence-electron chi connectivity index (χ1n) is 6.23. The monoisotopic (exact) mass is 304 g/mol. The van der Waals surface area contributed by atoms with Crippen molar-refractivity contribution in [1.82, 2.24) is 0 Å². The standard InChI is InChI=1S/C16H13ClO4/c1-11-7-13(17)5-6-15(11)20-10-16(19)21-14-4-2-3-12(8-14)9-18/h2-9H,10H2,1H3. The van der Waals surface area contributed by atoms with Crippen molar-refractivity contribution in [3.05, 3.63) is 58.6 Å². The highest BCUT2D eigenvalue weighted by molar-refractivity contribution is 6.30. The molecule has 0 aliphatic heterocycles. The Kier molecular flexibility index (Phi) is 4.95. The van der Waals surface area contributed by atoms with Gasteiger partial charge in [-0.3, -0.25) is 4.79 Å². The maximum Gasteiger partial charge on any atom is 0.349 e. The first kappa shape index (κ1) is 15.1. The number of aldehydes is 1. The highest BCUT2D eigenvalue weighted by Gasteiger charge is 2.08. The van der Waals surface area contributed by atoms with Gasteiger partial charge in [-0.2, -0.15) is 0 Å². The summed E-state index contributed by atoms with van der Waals surface area (Å²) in [6, 6.07) is 11.5. The van der Waals surface area contributed by atoms with Crippen molar-refractivity contribution < 1.29 is 19.1 Å². The first-order valence-corrected chi connectivity index (χ1v) is 6.61. The van der Waals surface area contributed by atoms with Crippen LogP contribution in [0.15, 0.2) is 42.5 Å². The summed E-state index contributed by atoms with van der Waals surface area (Å²) in [6.07, 6.45) is 0.685. The topological polar surface area (TPSA) is 52.6 Å². The minimum absolute atomic E-state index is 0.228. The molecular weight excluding hydrogens is 292 g/mol. The van der Waals surface area contributed by atoms with E-state index in [9.17, 15) is 9.59 Å². The molecule has 21 heavy (non-hydrogen) atoms. The SMILES string of the molecule is Cc1cc(Cl)ccc1OCC(=O)Oc1cccc(C=O)c1. The number of halogens is 1. The summed E-state index contributed by atoms with van der Waals surface area (Å²) in [7, 11) is 0. The smallest absolute Gasteiger partial charge is 0.349 e. The van der Waals surface area contributed by atoms with Gasteiger partial charge in [-0.25, -0.2) is 4.79 Å². The maximum absolute atomic E-state index is 11.7. The summed E-state index contributed by atoms with van der Waals surface area (Å²) < 4.78 is 10.5. The van der Waals surface area contributed by atoms with Crippen molar-refractivity contribution in [3.63, 3.8) is 0 Å². The molecule has 0 N–H and O–H groups in total. The molecule has 4 nitrogen and oxygen atoms in total. The zero-order valence-electron chi connectivity index (χ0n) is 11.3. The van der Waals surface area contributed by atoms with Gasteiger partial charge < -0.3 is 9.47 Å². The molecule has 5 heteroatoms. The fraction of sp³-hybridized carbons (Fsp3) is 0.125. The Balaban J connectivity index is 1.94. The molecule has 0 saturated heterocycles. The van der Waals surface area contributed by atoms with Crippen molar-refractivity contribution >= 4 is 23.9 Å². The lowest BCUT2D eigenvalue weighted by atomic mass is 10.2. The Morgan fingerprint density at radius 3 is 2.76 bits per heavy atom. The van der Waals surface area contributed by atoms with Gasteiger partial charge >= 0.3 is 5.97 Å². The van der Waals surface area contributed by atoms with E-state index in [0.717, 1.165) is 5.56 Å². The molecule has 0 saturated carbocycles. The van der Waals surface area contributed by atoms with Crippen LogP contribution in [0.1, 0.15) is 15.9 Å². The number of benzene rings is 2. The highest BCUT2D eigenvalue weighted by atomic mass is 35.5. The molecular formula is C16H13ClO4.